The second-order valence-corrected chi connectivity index (χ2v) is 8.78. The van der Waals surface area contributed by atoms with Crippen LogP contribution in [0.5, 0.6) is 0 Å². The van der Waals surface area contributed by atoms with E-state index in [0.29, 0.717) is 32.6 Å². The van der Waals surface area contributed by atoms with Crippen molar-refractivity contribution in [2.75, 3.05) is 18.0 Å². The molecule has 3 aromatic carbocycles. The molecule has 2 aromatic heterocycles. The number of H-pyrrole nitrogens is 2. The van der Waals surface area contributed by atoms with Gasteiger partial charge in [0.05, 0.1) is 22.2 Å². The molecule has 0 radical (unpaired) electrons. The summed E-state index contributed by atoms with van der Waals surface area (Å²) in [5.41, 5.74) is 5.20. The van der Waals surface area contributed by atoms with Crippen molar-refractivity contribution in [1.82, 2.24) is 9.97 Å². The molecule has 0 aliphatic carbocycles. The fourth-order valence-corrected chi connectivity index (χ4v) is 4.88. The summed E-state index contributed by atoms with van der Waals surface area (Å²) in [6, 6.07) is 15.4. The molecule has 5 nitrogen and oxygen atoms in total. The van der Waals surface area contributed by atoms with Gasteiger partial charge in [-0.1, -0.05) is 32.9 Å². The van der Waals surface area contributed by atoms with Gasteiger partial charge in [-0.15, -0.1) is 0 Å². The molecule has 2 heterocycles. The first-order valence-corrected chi connectivity index (χ1v) is 11.9. The summed E-state index contributed by atoms with van der Waals surface area (Å²) in [6.07, 6.45) is 2.93. The summed E-state index contributed by atoms with van der Waals surface area (Å²) in [5, 5.41) is 2.54. The molecule has 168 valence electrons. The molecule has 0 saturated heterocycles. The zero-order valence-corrected chi connectivity index (χ0v) is 19.4. The average molecular weight is 440 g/mol. The summed E-state index contributed by atoms with van der Waals surface area (Å²) in [4.78, 5) is 36.1. The van der Waals surface area contributed by atoms with Gasteiger partial charge in [0.25, 0.3) is 0 Å². The van der Waals surface area contributed by atoms with Crippen LogP contribution < -0.4 is 15.8 Å². The Morgan fingerprint density at radius 3 is 2.00 bits per heavy atom. The van der Waals surface area contributed by atoms with Gasteiger partial charge in [-0.2, -0.15) is 0 Å². The maximum Gasteiger partial charge on any atom is 0.197 e. The van der Waals surface area contributed by atoms with Crippen molar-refractivity contribution in [3.8, 4) is 0 Å². The van der Waals surface area contributed by atoms with Crippen LogP contribution in [0.4, 0.5) is 5.69 Å². The number of rotatable bonds is 6. The van der Waals surface area contributed by atoms with Crippen LogP contribution in [0.15, 0.2) is 58.1 Å². The third kappa shape index (κ3) is 3.48. The molecule has 0 unspecified atom stereocenters. The number of fused-ring (bicyclic) bond motifs is 4. The van der Waals surface area contributed by atoms with E-state index in [-0.39, 0.29) is 10.9 Å². The first kappa shape index (κ1) is 21.3. The lowest BCUT2D eigenvalue weighted by molar-refractivity contribution is 0.746. The normalized spacial score (nSPS) is 11.7. The molecule has 2 N–H and O–H groups in total. The molecule has 0 aliphatic rings. The fraction of sp³-hybridized carbons (Fsp3) is 0.286. The van der Waals surface area contributed by atoms with Crippen LogP contribution in [-0.2, 0) is 6.42 Å². The van der Waals surface area contributed by atoms with Gasteiger partial charge >= 0.3 is 0 Å². The minimum Gasteiger partial charge on any atom is -0.370 e. The lowest BCUT2D eigenvalue weighted by Gasteiger charge is -2.26. The Balaban J connectivity index is 1.89. The molecule has 0 amide bonds. The maximum atomic E-state index is 13.7. The lowest BCUT2D eigenvalue weighted by atomic mass is 10.0. The van der Waals surface area contributed by atoms with Crippen LogP contribution in [0, 0.1) is 0 Å². The molecule has 5 aromatic rings. The Bertz CT molecular complexity index is 1620. The van der Waals surface area contributed by atoms with E-state index in [1.165, 1.54) is 0 Å². The molecule has 33 heavy (non-hydrogen) atoms. The highest BCUT2D eigenvalue weighted by molar-refractivity contribution is 6.04. The Morgan fingerprint density at radius 2 is 1.33 bits per heavy atom. The number of pyridine rings is 2. The molecule has 0 bridgehead atoms. The van der Waals surface area contributed by atoms with Crippen LogP contribution in [0.2, 0.25) is 0 Å². The number of nitrogens with one attached hydrogen (secondary N) is 2. The highest BCUT2D eigenvalue weighted by Gasteiger charge is 2.16. The predicted molar refractivity (Wildman–Crippen MR) is 140 cm³/mol. The highest BCUT2D eigenvalue weighted by atomic mass is 16.1. The zero-order valence-electron chi connectivity index (χ0n) is 19.4. The third-order valence-electron chi connectivity index (χ3n) is 6.51. The van der Waals surface area contributed by atoms with E-state index in [9.17, 15) is 9.59 Å². The van der Waals surface area contributed by atoms with Gasteiger partial charge in [0.2, 0.25) is 0 Å². The number of hydrogen-bond donors (Lipinski definition) is 2. The fourth-order valence-electron chi connectivity index (χ4n) is 4.88. The number of anilines is 1. The SMILES string of the molecule is CCCN(CCC)c1cc(CC)cc2c(=O)c3cc4[nH]c5ccccc5c(=O)c4cc3[nH]c12. The first-order valence-electron chi connectivity index (χ1n) is 11.9. The van der Waals surface area contributed by atoms with Crippen LogP contribution in [-0.4, -0.2) is 23.1 Å². The number of hydrogen-bond acceptors (Lipinski definition) is 3. The molecular formula is C28H29N3O2. The van der Waals surface area contributed by atoms with Gasteiger partial charge in [-0.3, -0.25) is 9.59 Å². The van der Waals surface area contributed by atoms with E-state index in [0.717, 1.165) is 54.6 Å². The van der Waals surface area contributed by atoms with Crippen LogP contribution in [0.1, 0.15) is 39.2 Å². The van der Waals surface area contributed by atoms with Crippen LogP contribution in [0.25, 0.3) is 43.6 Å². The standard InChI is InChI=1S/C28H29N3O2/c1-4-11-31(12-5-2)25-14-17(6-3)13-21-26(25)30-24-16-19-23(15-20(24)28(21)33)29-22-10-8-7-9-18(22)27(19)32/h7-10,13-16H,4-6,11-12H2,1-3H3,(H,29,32)(H,30,33). The Labute approximate surface area is 192 Å². The molecule has 0 saturated carbocycles. The molecule has 0 aliphatic heterocycles. The van der Waals surface area contributed by atoms with Gasteiger partial charge in [0.15, 0.2) is 10.9 Å². The summed E-state index contributed by atoms with van der Waals surface area (Å²) in [5.74, 6) is 0. The smallest absolute Gasteiger partial charge is 0.197 e. The van der Waals surface area contributed by atoms with Crippen molar-refractivity contribution in [1.29, 1.82) is 0 Å². The second kappa shape index (κ2) is 8.39. The lowest BCUT2D eigenvalue weighted by Crippen LogP contribution is -2.26. The molecular weight excluding hydrogens is 410 g/mol. The van der Waals surface area contributed by atoms with Crippen molar-refractivity contribution in [3.63, 3.8) is 0 Å². The van der Waals surface area contributed by atoms with Crippen LogP contribution >= 0.6 is 0 Å². The van der Waals surface area contributed by atoms with Gasteiger partial charge in [0, 0.05) is 40.2 Å². The number of aromatic amines is 2. The van der Waals surface area contributed by atoms with E-state index in [4.69, 9.17) is 0 Å². The number of para-hydroxylation sites is 1. The van der Waals surface area contributed by atoms with Gasteiger partial charge in [0.1, 0.15) is 0 Å². The van der Waals surface area contributed by atoms with Crippen LogP contribution in [0.3, 0.4) is 0 Å². The van der Waals surface area contributed by atoms with E-state index in [1.54, 1.807) is 0 Å². The largest absolute Gasteiger partial charge is 0.370 e. The Morgan fingerprint density at radius 1 is 0.697 bits per heavy atom. The number of aryl methyl sites for hydroxylation is 1. The van der Waals surface area contributed by atoms with E-state index < -0.39 is 0 Å². The summed E-state index contributed by atoms with van der Waals surface area (Å²) in [6.45, 7) is 8.33. The minimum atomic E-state index is -0.0256. The summed E-state index contributed by atoms with van der Waals surface area (Å²) >= 11 is 0. The van der Waals surface area contributed by atoms with E-state index in [2.05, 4.69) is 41.7 Å². The van der Waals surface area contributed by atoms with Crippen molar-refractivity contribution in [2.45, 2.75) is 40.0 Å². The molecule has 0 fully saturated rings. The van der Waals surface area contributed by atoms with E-state index >= 15 is 0 Å². The van der Waals surface area contributed by atoms with Gasteiger partial charge in [-0.25, -0.2) is 0 Å². The third-order valence-corrected chi connectivity index (χ3v) is 6.51. The monoisotopic (exact) mass is 439 g/mol. The van der Waals surface area contributed by atoms with Crippen molar-refractivity contribution < 1.29 is 0 Å². The van der Waals surface area contributed by atoms with Gasteiger partial charge < -0.3 is 14.9 Å². The number of benzene rings is 3. The summed E-state index contributed by atoms with van der Waals surface area (Å²) in [7, 11) is 0. The van der Waals surface area contributed by atoms with Gasteiger partial charge in [-0.05, 0) is 61.2 Å². The minimum absolute atomic E-state index is 0.000783. The molecule has 5 heteroatoms. The zero-order chi connectivity index (χ0) is 23.1. The first-order chi connectivity index (χ1) is 16.0. The summed E-state index contributed by atoms with van der Waals surface area (Å²) < 4.78 is 0. The van der Waals surface area contributed by atoms with Crippen molar-refractivity contribution in [3.05, 3.63) is 74.5 Å². The molecule has 5 rings (SSSR count). The topological polar surface area (TPSA) is 69.0 Å². The molecule has 0 atom stereocenters. The van der Waals surface area contributed by atoms with Crippen molar-refractivity contribution in [2.24, 2.45) is 0 Å². The number of aromatic nitrogens is 2. The molecule has 0 spiro atoms. The predicted octanol–water partition coefficient (Wildman–Crippen LogP) is 5.86. The van der Waals surface area contributed by atoms with E-state index in [1.807, 2.05) is 42.5 Å². The van der Waals surface area contributed by atoms with Crippen molar-refractivity contribution >= 4 is 49.3 Å². The quantitative estimate of drug-likeness (QED) is 0.325. The average Bonchev–Trinajstić information content (AvgIpc) is 2.83. The second-order valence-electron chi connectivity index (χ2n) is 8.78. The maximum absolute atomic E-state index is 13.7. The number of nitrogens with zero attached hydrogens (tertiary/aromatic N) is 1. The Hall–Kier alpha value is -3.60. The Kier molecular flexibility index (Phi) is 5.41. The highest BCUT2D eigenvalue weighted by Crippen LogP contribution is 2.29.